The first-order chi connectivity index (χ1) is 18.7. The van der Waals surface area contributed by atoms with Crippen molar-refractivity contribution in [3.63, 3.8) is 0 Å². The van der Waals surface area contributed by atoms with Gasteiger partial charge in [0.05, 0.1) is 36.9 Å². The summed E-state index contributed by atoms with van der Waals surface area (Å²) in [5.41, 5.74) is 1.02. The summed E-state index contributed by atoms with van der Waals surface area (Å²) >= 11 is 0. The first kappa shape index (κ1) is 27.5. The number of carbonyl (C=O) groups is 1. The summed E-state index contributed by atoms with van der Waals surface area (Å²) in [4.78, 5) is 12.9. The van der Waals surface area contributed by atoms with Gasteiger partial charge in [0.1, 0.15) is 12.3 Å². The zero-order valence-electron chi connectivity index (χ0n) is 21.9. The number of methoxy groups -OCH3 is 2. The number of fused-ring (bicyclic) bond motifs is 1. The number of benzene rings is 3. The second-order valence-electron chi connectivity index (χ2n) is 8.30. The molecule has 12 heteroatoms. The van der Waals surface area contributed by atoms with Crippen LogP contribution in [0.3, 0.4) is 0 Å². The van der Waals surface area contributed by atoms with Gasteiger partial charge in [0.15, 0.2) is 17.2 Å². The van der Waals surface area contributed by atoms with E-state index in [1.807, 2.05) is 13.0 Å². The maximum Gasteiger partial charge on any atom is 0.285 e. The first-order valence-corrected chi connectivity index (χ1v) is 13.3. The number of nitrogens with zero attached hydrogens (tertiary/aromatic N) is 4. The van der Waals surface area contributed by atoms with Gasteiger partial charge in [0.25, 0.3) is 15.9 Å². The van der Waals surface area contributed by atoms with E-state index in [4.69, 9.17) is 14.2 Å². The Balaban J connectivity index is 1.71. The number of anilines is 1. The van der Waals surface area contributed by atoms with E-state index in [0.717, 1.165) is 4.31 Å². The summed E-state index contributed by atoms with van der Waals surface area (Å²) in [7, 11) is 0.216. The lowest BCUT2D eigenvalue weighted by Crippen LogP contribution is -2.35. The van der Waals surface area contributed by atoms with Gasteiger partial charge in [-0.15, -0.1) is 10.2 Å². The van der Waals surface area contributed by atoms with Crippen LogP contribution in [0.4, 0.5) is 11.4 Å². The summed E-state index contributed by atoms with van der Waals surface area (Å²) in [6.45, 7) is 1.62. The van der Waals surface area contributed by atoms with Gasteiger partial charge >= 0.3 is 0 Å². The van der Waals surface area contributed by atoms with Crippen molar-refractivity contribution in [2.24, 2.45) is 17.3 Å². The topological polar surface area (TPSA) is 132 Å². The SMILES string of the molecule is CCOc1ccc(N(CC(=O)N=Nc2c(O)n(C)c3ccccc23)S(=O)(=O)c2ccc(OC)c(OC)c2)cc1. The molecule has 0 fully saturated rings. The second kappa shape index (κ2) is 11.4. The van der Waals surface area contributed by atoms with Gasteiger partial charge < -0.3 is 23.9 Å². The van der Waals surface area contributed by atoms with Gasteiger partial charge in [0, 0.05) is 18.5 Å². The van der Waals surface area contributed by atoms with Crippen LogP contribution in [0.5, 0.6) is 23.1 Å². The third-order valence-electron chi connectivity index (χ3n) is 5.97. The van der Waals surface area contributed by atoms with Crippen LogP contribution in [0.25, 0.3) is 10.9 Å². The summed E-state index contributed by atoms with van der Waals surface area (Å²) in [5.74, 6) is 0.0861. The van der Waals surface area contributed by atoms with Crippen LogP contribution in [0.1, 0.15) is 6.92 Å². The Morgan fingerprint density at radius 3 is 2.36 bits per heavy atom. The van der Waals surface area contributed by atoms with Crippen LogP contribution in [0.15, 0.2) is 81.9 Å². The molecule has 1 aromatic heterocycles. The Morgan fingerprint density at radius 1 is 1.00 bits per heavy atom. The van der Waals surface area contributed by atoms with E-state index in [0.29, 0.717) is 29.0 Å². The van der Waals surface area contributed by atoms with Gasteiger partial charge in [-0.3, -0.25) is 9.10 Å². The second-order valence-corrected chi connectivity index (χ2v) is 10.2. The van der Waals surface area contributed by atoms with E-state index < -0.39 is 22.5 Å². The third-order valence-corrected chi connectivity index (χ3v) is 7.74. The average molecular weight is 553 g/mol. The van der Waals surface area contributed by atoms with Crippen LogP contribution < -0.4 is 18.5 Å². The number of rotatable bonds is 10. The molecule has 11 nitrogen and oxygen atoms in total. The predicted molar refractivity (Wildman–Crippen MR) is 146 cm³/mol. The molecular weight excluding hydrogens is 524 g/mol. The number of ether oxygens (including phenoxy) is 3. The smallest absolute Gasteiger partial charge is 0.285 e. The summed E-state index contributed by atoms with van der Waals surface area (Å²) in [6.07, 6.45) is 0. The van der Waals surface area contributed by atoms with Crippen molar-refractivity contribution in [3.8, 4) is 23.1 Å². The molecule has 0 saturated heterocycles. The number of aromatic hydroxyl groups is 1. The molecule has 3 aromatic carbocycles. The number of azo groups is 1. The van der Waals surface area contributed by atoms with Crippen molar-refractivity contribution in [2.45, 2.75) is 11.8 Å². The lowest BCUT2D eigenvalue weighted by Gasteiger charge is -2.23. The van der Waals surface area contributed by atoms with Gasteiger partial charge in [-0.2, -0.15) is 0 Å². The summed E-state index contributed by atoms with van der Waals surface area (Å²) < 4.78 is 45.9. The fourth-order valence-corrected chi connectivity index (χ4v) is 5.44. The van der Waals surface area contributed by atoms with Gasteiger partial charge in [-0.1, -0.05) is 18.2 Å². The quantitative estimate of drug-likeness (QED) is 0.279. The largest absolute Gasteiger partial charge is 0.494 e. The number of hydrogen-bond donors (Lipinski definition) is 1. The minimum absolute atomic E-state index is 0.108. The molecule has 0 bridgehead atoms. The Kier molecular flexibility index (Phi) is 8.05. The van der Waals surface area contributed by atoms with Crippen LogP contribution in [0, 0.1) is 0 Å². The molecule has 4 rings (SSSR count). The van der Waals surface area contributed by atoms with E-state index in [1.165, 1.54) is 49.1 Å². The third kappa shape index (κ3) is 5.50. The van der Waals surface area contributed by atoms with Crippen molar-refractivity contribution in [2.75, 3.05) is 31.7 Å². The highest BCUT2D eigenvalue weighted by molar-refractivity contribution is 7.92. The van der Waals surface area contributed by atoms with E-state index in [1.54, 1.807) is 37.4 Å². The maximum atomic E-state index is 13.8. The van der Waals surface area contributed by atoms with Crippen LogP contribution >= 0.6 is 0 Å². The number of aryl methyl sites for hydroxylation is 1. The van der Waals surface area contributed by atoms with Gasteiger partial charge in [0.2, 0.25) is 5.88 Å². The molecule has 204 valence electrons. The Hall–Kier alpha value is -4.58. The Bertz CT molecular complexity index is 1630. The van der Waals surface area contributed by atoms with Gasteiger partial charge in [-0.25, -0.2) is 8.42 Å². The summed E-state index contributed by atoms with van der Waals surface area (Å²) in [5, 5.41) is 18.8. The molecule has 0 aliphatic rings. The highest BCUT2D eigenvalue weighted by Crippen LogP contribution is 2.38. The molecule has 0 radical (unpaired) electrons. The van der Waals surface area contributed by atoms with Crippen molar-refractivity contribution < 1.29 is 32.5 Å². The number of aromatic nitrogens is 1. The molecule has 0 aliphatic heterocycles. The summed E-state index contributed by atoms with van der Waals surface area (Å²) in [6, 6.07) is 17.5. The number of sulfonamides is 1. The van der Waals surface area contributed by atoms with Crippen LogP contribution in [-0.4, -0.2) is 51.4 Å². The maximum absolute atomic E-state index is 13.8. The fourth-order valence-electron chi connectivity index (χ4n) is 4.01. The fraction of sp³-hybridized carbons (Fsp3) is 0.222. The molecule has 0 atom stereocenters. The number of carbonyl (C=O) groups excluding carboxylic acids is 1. The van der Waals surface area contributed by atoms with Crippen molar-refractivity contribution in [3.05, 3.63) is 66.7 Å². The number of amides is 1. The highest BCUT2D eigenvalue weighted by Gasteiger charge is 2.29. The van der Waals surface area contributed by atoms with Crippen molar-refractivity contribution in [1.29, 1.82) is 0 Å². The van der Waals surface area contributed by atoms with Crippen LogP contribution in [0.2, 0.25) is 0 Å². The number of para-hydroxylation sites is 1. The van der Waals surface area contributed by atoms with E-state index >= 15 is 0 Å². The molecule has 1 amide bonds. The van der Waals surface area contributed by atoms with Gasteiger partial charge in [-0.05, 0) is 49.4 Å². The molecule has 0 saturated carbocycles. The zero-order valence-corrected chi connectivity index (χ0v) is 22.7. The monoisotopic (exact) mass is 552 g/mol. The number of hydrogen-bond acceptors (Lipinski definition) is 8. The van der Waals surface area contributed by atoms with Crippen molar-refractivity contribution >= 4 is 38.2 Å². The normalized spacial score (nSPS) is 11.6. The minimum atomic E-state index is -4.27. The standard InChI is InChI=1S/C27H28N4O7S/c1-5-38-19-12-10-18(11-13-19)31(39(34,35)20-14-15-23(36-3)24(16-20)37-4)17-25(32)28-29-26-21-8-6-7-9-22(21)30(2)27(26)33/h6-16,33H,5,17H2,1-4H3. The molecule has 0 spiro atoms. The van der Waals surface area contributed by atoms with E-state index in [9.17, 15) is 18.3 Å². The molecule has 39 heavy (non-hydrogen) atoms. The lowest BCUT2D eigenvalue weighted by molar-refractivity contribution is -0.116. The Labute approximate surface area is 225 Å². The molecular formula is C27H28N4O7S. The minimum Gasteiger partial charge on any atom is -0.494 e. The zero-order chi connectivity index (χ0) is 28.2. The average Bonchev–Trinajstić information content (AvgIpc) is 3.19. The first-order valence-electron chi connectivity index (χ1n) is 11.9. The molecule has 0 unspecified atom stereocenters. The van der Waals surface area contributed by atoms with E-state index in [2.05, 4.69) is 10.2 Å². The predicted octanol–water partition coefficient (Wildman–Crippen LogP) is 4.81. The lowest BCUT2D eigenvalue weighted by atomic mass is 10.2. The van der Waals surface area contributed by atoms with Crippen molar-refractivity contribution in [1.82, 2.24) is 4.57 Å². The molecule has 1 N–H and O–H groups in total. The van der Waals surface area contributed by atoms with Crippen LogP contribution in [-0.2, 0) is 21.9 Å². The molecule has 4 aromatic rings. The molecule has 1 heterocycles. The Morgan fingerprint density at radius 2 is 1.69 bits per heavy atom. The highest BCUT2D eigenvalue weighted by atomic mass is 32.2. The molecule has 0 aliphatic carbocycles. The van der Waals surface area contributed by atoms with E-state index in [-0.39, 0.29) is 27.9 Å².